The molecule has 2 amide bonds. The Hall–Kier alpha value is -1.84. The van der Waals surface area contributed by atoms with Gasteiger partial charge in [0.25, 0.3) is 0 Å². The molecule has 3 rings (SSSR count). The van der Waals surface area contributed by atoms with Gasteiger partial charge in [0.1, 0.15) is 12.1 Å². The van der Waals surface area contributed by atoms with E-state index in [0.717, 1.165) is 18.5 Å². The standard InChI is InChI=1S/C16H20N2O2/c1-3-14-15(19)17-10(2)16(20)18(14)13-8-7-11-5-4-6-12(11)9-13/h7-10,14H,3-6H2,1-2H3,(H,17,19). The Morgan fingerprint density at radius 2 is 2.00 bits per heavy atom. The summed E-state index contributed by atoms with van der Waals surface area (Å²) in [5, 5.41) is 2.75. The van der Waals surface area contributed by atoms with E-state index in [1.54, 1.807) is 11.8 Å². The first kappa shape index (κ1) is 13.2. The number of piperazine rings is 1. The minimum atomic E-state index is -0.446. The minimum absolute atomic E-state index is 0.0191. The first-order valence-corrected chi connectivity index (χ1v) is 7.37. The van der Waals surface area contributed by atoms with Crippen LogP contribution in [0.15, 0.2) is 18.2 Å². The summed E-state index contributed by atoms with van der Waals surface area (Å²) in [6.45, 7) is 3.68. The molecule has 0 bridgehead atoms. The Labute approximate surface area is 119 Å². The van der Waals surface area contributed by atoms with Gasteiger partial charge in [-0.15, -0.1) is 0 Å². The zero-order valence-electron chi connectivity index (χ0n) is 12.0. The van der Waals surface area contributed by atoms with Crippen molar-refractivity contribution in [3.8, 4) is 0 Å². The van der Waals surface area contributed by atoms with Crippen molar-refractivity contribution in [2.75, 3.05) is 4.90 Å². The monoisotopic (exact) mass is 272 g/mol. The van der Waals surface area contributed by atoms with Crippen LogP contribution >= 0.6 is 0 Å². The molecule has 1 fully saturated rings. The van der Waals surface area contributed by atoms with E-state index in [0.29, 0.717) is 6.42 Å². The molecule has 1 saturated heterocycles. The number of amides is 2. The predicted octanol–water partition coefficient (Wildman–Crippen LogP) is 1.81. The SMILES string of the molecule is CCC1C(=O)NC(C)C(=O)N1c1ccc2c(c1)CCC2. The van der Waals surface area contributed by atoms with Crippen molar-refractivity contribution >= 4 is 17.5 Å². The number of benzene rings is 1. The van der Waals surface area contributed by atoms with Gasteiger partial charge in [0.05, 0.1) is 0 Å². The maximum atomic E-state index is 12.5. The molecule has 0 aromatic heterocycles. The van der Waals surface area contributed by atoms with Crippen molar-refractivity contribution in [2.45, 2.75) is 51.6 Å². The number of anilines is 1. The van der Waals surface area contributed by atoms with Crippen LogP contribution in [-0.4, -0.2) is 23.9 Å². The Kier molecular flexibility index (Phi) is 3.24. The fourth-order valence-electron chi connectivity index (χ4n) is 3.23. The summed E-state index contributed by atoms with van der Waals surface area (Å²) in [7, 11) is 0. The number of nitrogens with zero attached hydrogens (tertiary/aromatic N) is 1. The summed E-state index contributed by atoms with van der Waals surface area (Å²) in [6, 6.07) is 5.34. The van der Waals surface area contributed by atoms with Crippen molar-refractivity contribution in [3.63, 3.8) is 0 Å². The third-order valence-corrected chi connectivity index (χ3v) is 4.33. The van der Waals surface area contributed by atoms with Crippen LogP contribution in [0, 0.1) is 0 Å². The highest BCUT2D eigenvalue weighted by atomic mass is 16.2. The number of nitrogens with one attached hydrogen (secondary N) is 1. The van der Waals surface area contributed by atoms with E-state index in [4.69, 9.17) is 0 Å². The number of rotatable bonds is 2. The van der Waals surface area contributed by atoms with Crippen molar-refractivity contribution in [3.05, 3.63) is 29.3 Å². The van der Waals surface area contributed by atoms with E-state index in [1.807, 2.05) is 13.0 Å². The summed E-state index contributed by atoms with van der Waals surface area (Å²) in [5.74, 6) is -0.0745. The van der Waals surface area contributed by atoms with Gasteiger partial charge in [0.15, 0.2) is 0 Å². The van der Waals surface area contributed by atoms with E-state index < -0.39 is 12.1 Å². The Morgan fingerprint density at radius 1 is 1.25 bits per heavy atom. The first-order valence-electron chi connectivity index (χ1n) is 7.37. The van der Waals surface area contributed by atoms with Crippen LogP contribution in [-0.2, 0) is 22.4 Å². The maximum absolute atomic E-state index is 12.5. The molecule has 106 valence electrons. The highest BCUT2D eigenvalue weighted by molar-refractivity contribution is 6.08. The van der Waals surface area contributed by atoms with Gasteiger partial charge in [-0.3, -0.25) is 14.5 Å². The third kappa shape index (κ3) is 1.99. The number of carbonyl (C=O) groups excluding carboxylic acids is 2. The topological polar surface area (TPSA) is 49.4 Å². The molecule has 1 N–H and O–H groups in total. The largest absolute Gasteiger partial charge is 0.343 e. The summed E-state index contributed by atoms with van der Waals surface area (Å²) in [6.07, 6.45) is 4.00. The van der Waals surface area contributed by atoms with Gasteiger partial charge in [-0.1, -0.05) is 13.0 Å². The molecule has 4 nitrogen and oxygen atoms in total. The highest BCUT2D eigenvalue weighted by Gasteiger charge is 2.38. The number of fused-ring (bicyclic) bond motifs is 1. The molecule has 4 heteroatoms. The van der Waals surface area contributed by atoms with E-state index in [9.17, 15) is 9.59 Å². The second-order valence-corrected chi connectivity index (χ2v) is 5.67. The molecule has 1 aromatic carbocycles. The molecule has 1 heterocycles. The van der Waals surface area contributed by atoms with Crippen molar-refractivity contribution < 1.29 is 9.59 Å². The van der Waals surface area contributed by atoms with Crippen molar-refractivity contribution in [2.24, 2.45) is 0 Å². The molecular formula is C16H20N2O2. The Morgan fingerprint density at radius 3 is 2.75 bits per heavy atom. The van der Waals surface area contributed by atoms with E-state index >= 15 is 0 Å². The van der Waals surface area contributed by atoms with Gasteiger partial charge >= 0.3 is 0 Å². The molecule has 0 radical (unpaired) electrons. The van der Waals surface area contributed by atoms with Gasteiger partial charge in [0, 0.05) is 5.69 Å². The van der Waals surface area contributed by atoms with Gasteiger partial charge in [0.2, 0.25) is 11.8 Å². The molecule has 1 aliphatic heterocycles. The average molecular weight is 272 g/mol. The second-order valence-electron chi connectivity index (χ2n) is 5.67. The average Bonchev–Trinajstić information content (AvgIpc) is 2.89. The molecule has 0 saturated carbocycles. The molecular weight excluding hydrogens is 252 g/mol. The maximum Gasteiger partial charge on any atom is 0.250 e. The molecule has 1 aliphatic carbocycles. The second kappa shape index (κ2) is 4.93. The van der Waals surface area contributed by atoms with Gasteiger partial charge in [-0.2, -0.15) is 0 Å². The third-order valence-electron chi connectivity index (χ3n) is 4.33. The molecule has 0 spiro atoms. The van der Waals surface area contributed by atoms with Crippen LogP contribution in [0.4, 0.5) is 5.69 Å². The summed E-state index contributed by atoms with van der Waals surface area (Å²) >= 11 is 0. The fraction of sp³-hybridized carbons (Fsp3) is 0.500. The van der Waals surface area contributed by atoms with E-state index in [-0.39, 0.29) is 11.8 Å². The summed E-state index contributed by atoms with van der Waals surface area (Å²) < 4.78 is 0. The number of hydrogen-bond acceptors (Lipinski definition) is 2. The van der Waals surface area contributed by atoms with Crippen molar-refractivity contribution in [1.82, 2.24) is 5.32 Å². The number of carbonyl (C=O) groups is 2. The lowest BCUT2D eigenvalue weighted by atomic mass is 10.0. The zero-order chi connectivity index (χ0) is 14.3. The number of hydrogen-bond donors (Lipinski definition) is 1. The van der Waals surface area contributed by atoms with Crippen molar-refractivity contribution in [1.29, 1.82) is 0 Å². The molecule has 2 unspecified atom stereocenters. The quantitative estimate of drug-likeness (QED) is 0.892. The van der Waals surface area contributed by atoms with Crippen LogP contribution in [0.3, 0.4) is 0 Å². The lowest BCUT2D eigenvalue weighted by Gasteiger charge is -2.37. The predicted molar refractivity (Wildman–Crippen MR) is 77.6 cm³/mol. The Balaban J connectivity index is 2.00. The zero-order valence-corrected chi connectivity index (χ0v) is 12.0. The van der Waals surface area contributed by atoms with Crippen LogP contribution in [0.25, 0.3) is 0 Å². The van der Waals surface area contributed by atoms with Gasteiger partial charge in [-0.25, -0.2) is 0 Å². The van der Waals surface area contributed by atoms with E-state index in [1.165, 1.54) is 17.5 Å². The fourth-order valence-corrected chi connectivity index (χ4v) is 3.23. The lowest BCUT2D eigenvalue weighted by Crippen LogP contribution is -2.62. The van der Waals surface area contributed by atoms with Crippen LogP contribution < -0.4 is 10.2 Å². The molecule has 2 aliphatic rings. The highest BCUT2D eigenvalue weighted by Crippen LogP contribution is 2.29. The van der Waals surface area contributed by atoms with Crippen LogP contribution in [0.2, 0.25) is 0 Å². The number of aryl methyl sites for hydroxylation is 2. The van der Waals surface area contributed by atoms with E-state index in [2.05, 4.69) is 17.4 Å². The Bertz CT molecular complexity index is 568. The minimum Gasteiger partial charge on any atom is -0.343 e. The normalized spacial score (nSPS) is 25.6. The summed E-state index contributed by atoms with van der Waals surface area (Å²) in [4.78, 5) is 26.2. The smallest absolute Gasteiger partial charge is 0.250 e. The lowest BCUT2D eigenvalue weighted by molar-refractivity contribution is -0.133. The van der Waals surface area contributed by atoms with Gasteiger partial charge < -0.3 is 5.32 Å². The van der Waals surface area contributed by atoms with Crippen LogP contribution in [0.1, 0.15) is 37.8 Å². The molecule has 1 aromatic rings. The van der Waals surface area contributed by atoms with Crippen LogP contribution in [0.5, 0.6) is 0 Å². The summed E-state index contributed by atoms with van der Waals surface area (Å²) in [5.41, 5.74) is 3.57. The van der Waals surface area contributed by atoms with Gasteiger partial charge in [-0.05, 0) is 55.9 Å². The first-order chi connectivity index (χ1) is 9.61. The molecule has 2 atom stereocenters. The molecule has 20 heavy (non-hydrogen) atoms.